The Morgan fingerprint density at radius 3 is 2.41 bits per heavy atom. The van der Waals surface area contributed by atoms with Gasteiger partial charge in [-0.05, 0) is 39.2 Å². The van der Waals surface area contributed by atoms with Gasteiger partial charge in [0.1, 0.15) is 6.10 Å². The Kier molecular flexibility index (Phi) is 3.34. The summed E-state index contributed by atoms with van der Waals surface area (Å²) in [4.78, 5) is 0. The van der Waals surface area contributed by atoms with Crippen LogP contribution in [-0.2, 0) is 4.74 Å². The van der Waals surface area contributed by atoms with Crippen LogP contribution in [-0.4, -0.2) is 29.0 Å². The molecule has 0 radical (unpaired) electrons. The zero-order valence-electron chi connectivity index (χ0n) is 12.1. The SMILES string of the molecule is OCC1OC(c2cccc3cc4ccccc4cc23)CC1O. The topological polar surface area (TPSA) is 49.7 Å². The minimum absolute atomic E-state index is 0.147. The number of aliphatic hydroxyl groups excluding tert-OH is 2. The maximum Gasteiger partial charge on any atom is 0.107 e. The van der Waals surface area contributed by atoms with Gasteiger partial charge in [0.15, 0.2) is 0 Å². The van der Waals surface area contributed by atoms with E-state index in [1.807, 2.05) is 24.3 Å². The van der Waals surface area contributed by atoms with Crippen molar-refractivity contribution in [1.82, 2.24) is 0 Å². The molecule has 0 aliphatic carbocycles. The van der Waals surface area contributed by atoms with E-state index in [-0.39, 0.29) is 12.7 Å². The highest BCUT2D eigenvalue weighted by atomic mass is 16.5. The molecule has 2 N–H and O–H groups in total. The molecule has 0 amide bonds. The van der Waals surface area contributed by atoms with Crippen LogP contribution < -0.4 is 0 Å². The van der Waals surface area contributed by atoms with Crippen molar-refractivity contribution in [2.45, 2.75) is 24.7 Å². The second kappa shape index (κ2) is 5.36. The molecule has 3 aromatic rings. The molecule has 3 nitrogen and oxygen atoms in total. The molecule has 1 aliphatic heterocycles. The number of hydrogen-bond donors (Lipinski definition) is 2. The molecule has 1 fully saturated rings. The van der Waals surface area contributed by atoms with Crippen molar-refractivity contribution >= 4 is 21.5 Å². The average molecular weight is 294 g/mol. The molecule has 3 aromatic carbocycles. The summed E-state index contributed by atoms with van der Waals surface area (Å²) in [6.45, 7) is -0.147. The summed E-state index contributed by atoms with van der Waals surface area (Å²) in [5, 5.41) is 24.0. The van der Waals surface area contributed by atoms with Crippen molar-refractivity contribution in [3.63, 3.8) is 0 Å². The van der Waals surface area contributed by atoms with Crippen molar-refractivity contribution in [1.29, 1.82) is 0 Å². The molecule has 0 saturated carbocycles. The lowest BCUT2D eigenvalue weighted by Gasteiger charge is -2.15. The van der Waals surface area contributed by atoms with Crippen molar-refractivity contribution in [3.05, 3.63) is 60.2 Å². The number of fused-ring (bicyclic) bond motifs is 2. The van der Waals surface area contributed by atoms with Crippen molar-refractivity contribution in [3.8, 4) is 0 Å². The van der Waals surface area contributed by atoms with Crippen LogP contribution in [0.25, 0.3) is 21.5 Å². The number of aliphatic hydroxyl groups is 2. The van der Waals surface area contributed by atoms with Crippen molar-refractivity contribution < 1.29 is 14.9 Å². The fourth-order valence-electron chi connectivity index (χ4n) is 3.37. The highest BCUT2D eigenvalue weighted by molar-refractivity contribution is 5.99. The van der Waals surface area contributed by atoms with Gasteiger partial charge in [-0.25, -0.2) is 0 Å². The number of rotatable bonds is 2. The summed E-state index contributed by atoms with van der Waals surface area (Å²) in [6, 6.07) is 18.8. The Bertz CT molecular complexity index is 827. The highest BCUT2D eigenvalue weighted by Crippen LogP contribution is 2.37. The first kappa shape index (κ1) is 13.7. The Hall–Kier alpha value is -1.94. The van der Waals surface area contributed by atoms with Crippen LogP contribution >= 0.6 is 0 Å². The molecule has 4 rings (SSSR count). The predicted octanol–water partition coefficient (Wildman–Crippen LogP) is 3.18. The normalized spacial score (nSPS) is 25.1. The third kappa shape index (κ3) is 2.18. The predicted molar refractivity (Wildman–Crippen MR) is 86.8 cm³/mol. The maximum atomic E-state index is 9.98. The summed E-state index contributed by atoms with van der Waals surface area (Å²) in [5.74, 6) is 0. The van der Waals surface area contributed by atoms with Gasteiger partial charge in [-0.1, -0.05) is 42.5 Å². The van der Waals surface area contributed by atoms with E-state index in [9.17, 15) is 10.2 Å². The van der Waals surface area contributed by atoms with Gasteiger partial charge in [-0.3, -0.25) is 0 Å². The van der Waals surface area contributed by atoms with Gasteiger partial charge in [0.25, 0.3) is 0 Å². The van der Waals surface area contributed by atoms with Crippen LogP contribution in [0.15, 0.2) is 54.6 Å². The summed E-state index contributed by atoms with van der Waals surface area (Å²) in [5.41, 5.74) is 1.08. The summed E-state index contributed by atoms with van der Waals surface area (Å²) in [7, 11) is 0. The van der Waals surface area contributed by atoms with E-state index in [4.69, 9.17) is 4.74 Å². The lowest BCUT2D eigenvalue weighted by atomic mass is 9.95. The van der Waals surface area contributed by atoms with Crippen LogP contribution in [0, 0.1) is 0 Å². The van der Waals surface area contributed by atoms with Crippen molar-refractivity contribution in [2.24, 2.45) is 0 Å². The second-order valence-corrected chi connectivity index (χ2v) is 5.92. The Balaban J connectivity index is 1.86. The summed E-state index contributed by atoms with van der Waals surface area (Å²) in [6.07, 6.45) is -0.736. The smallest absolute Gasteiger partial charge is 0.107 e. The van der Waals surface area contributed by atoms with Crippen LogP contribution in [0.2, 0.25) is 0 Å². The fourth-order valence-corrected chi connectivity index (χ4v) is 3.37. The van der Waals surface area contributed by atoms with Crippen molar-refractivity contribution in [2.75, 3.05) is 6.61 Å². The minimum atomic E-state index is -0.606. The van der Waals surface area contributed by atoms with E-state index in [0.717, 1.165) is 10.9 Å². The van der Waals surface area contributed by atoms with E-state index in [0.29, 0.717) is 6.42 Å². The lowest BCUT2D eigenvalue weighted by molar-refractivity contribution is -0.0222. The first-order chi connectivity index (χ1) is 10.8. The fraction of sp³-hybridized carbons (Fsp3) is 0.263. The van der Waals surface area contributed by atoms with Crippen LogP contribution in [0.1, 0.15) is 18.1 Å². The number of ether oxygens (including phenoxy) is 1. The minimum Gasteiger partial charge on any atom is -0.394 e. The molecule has 0 bridgehead atoms. The van der Waals surface area contributed by atoms with Gasteiger partial charge in [0, 0.05) is 6.42 Å². The molecule has 1 aliphatic rings. The molecule has 1 saturated heterocycles. The molecule has 3 atom stereocenters. The molecular formula is C19H18O3. The third-order valence-corrected chi connectivity index (χ3v) is 4.53. The largest absolute Gasteiger partial charge is 0.394 e. The first-order valence-electron chi connectivity index (χ1n) is 7.62. The van der Waals surface area contributed by atoms with Gasteiger partial charge in [0.05, 0.1) is 18.8 Å². The molecule has 3 heteroatoms. The summed E-state index contributed by atoms with van der Waals surface area (Å²) >= 11 is 0. The van der Waals surface area contributed by atoms with Gasteiger partial charge >= 0.3 is 0 Å². The Labute approximate surface area is 128 Å². The lowest BCUT2D eigenvalue weighted by Crippen LogP contribution is -2.24. The number of benzene rings is 3. The molecule has 22 heavy (non-hydrogen) atoms. The molecule has 1 heterocycles. The maximum absolute atomic E-state index is 9.98. The van der Waals surface area contributed by atoms with E-state index < -0.39 is 12.2 Å². The van der Waals surface area contributed by atoms with Crippen LogP contribution in [0.3, 0.4) is 0 Å². The monoisotopic (exact) mass is 294 g/mol. The van der Waals surface area contributed by atoms with Crippen LogP contribution in [0.4, 0.5) is 0 Å². The molecule has 0 aromatic heterocycles. The van der Waals surface area contributed by atoms with E-state index in [1.165, 1.54) is 16.2 Å². The Morgan fingerprint density at radius 1 is 0.955 bits per heavy atom. The quantitative estimate of drug-likeness (QED) is 0.714. The van der Waals surface area contributed by atoms with E-state index >= 15 is 0 Å². The standard InChI is InChI=1S/C19H18O3/c20-11-19-17(21)10-18(22-19)15-7-3-6-14-8-12-4-1-2-5-13(12)9-16(14)15/h1-9,17-21H,10-11H2. The number of hydrogen-bond acceptors (Lipinski definition) is 3. The van der Waals surface area contributed by atoms with E-state index in [2.05, 4.69) is 30.3 Å². The third-order valence-electron chi connectivity index (χ3n) is 4.53. The van der Waals surface area contributed by atoms with Gasteiger partial charge in [-0.15, -0.1) is 0 Å². The Morgan fingerprint density at radius 2 is 1.68 bits per heavy atom. The van der Waals surface area contributed by atoms with Gasteiger partial charge in [0.2, 0.25) is 0 Å². The van der Waals surface area contributed by atoms with Gasteiger partial charge < -0.3 is 14.9 Å². The first-order valence-corrected chi connectivity index (χ1v) is 7.62. The zero-order valence-corrected chi connectivity index (χ0v) is 12.1. The summed E-state index contributed by atoms with van der Waals surface area (Å²) < 4.78 is 5.83. The zero-order chi connectivity index (χ0) is 15.1. The van der Waals surface area contributed by atoms with E-state index in [1.54, 1.807) is 0 Å². The second-order valence-electron chi connectivity index (χ2n) is 5.92. The average Bonchev–Trinajstić information content (AvgIpc) is 2.93. The molecule has 3 unspecified atom stereocenters. The molecule has 0 spiro atoms. The molecular weight excluding hydrogens is 276 g/mol. The van der Waals surface area contributed by atoms with Crippen LogP contribution in [0.5, 0.6) is 0 Å². The molecule has 112 valence electrons. The van der Waals surface area contributed by atoms with Gasteiger partial charge in [-0.2, -0.15) is 0 Å². The highest BCUT2D eigenvalue weighted by Gasteiger charge is 2.34.